The van der Waals surface area contributed by atoms with Gasteiger partial charge in [-0.15, -0.1) is 0 Å². The molecule has 0 heterocycles. The van der Waals surface area contributed by atoms with Gasteiger partial charge in [-0.3, -0.25) is 9.59 Å². The highest BCUT2D eigenvalue weighted by atomic mass is 16.6. The van der Waals surface area contributed by atoms with Gasteiger partial charge in [-0.1, -0.05) is 77.4 Å². The van der Waals surface area contributed by atoms with Gasteiger partial charge >= 0.3 is 11.9 Å². The van der Waals surface area contributed by atoms with Crippen LogP contribution in [-0.2, 0) is 19.1 Å². The van der Waals surface area contributed by atoms with Crippen molar-refractivity contribution in [2.45, 2.75) is 123 Å². The maximum Gasteiger partial charge on any atom is 0.306 e. The van der Waals surface area contributed by atoms with E-state index < -0.39 is 6.10 Å². The summed E-state index contributed by atoms with van der Waals surface area (Å²) in [5.74, 6) is -0.664. The van der Waals surface area contributed by atoms with E-state index in [1.54, 1.807) is 0 Å². The molecule has 0 aliphatic carbocycles. The minimum Gasteiger partial charge on any atom is -0.462 e. The van der Waals surface area contributed by atoms with E-state index in [1.165, 1.54) is 57.8 Å². The Bertz CT molecular complexity index is 433. The first-order valence-electron chi connectivity index (χ1n) is 12.2. The zero-order valence-corrected chi connectivity index (χ0v) is 19.5. The van der Waals surface area contributed by atoms with Crippen molar-refractivity contribution in [3.05, 3.63) is 12.2 Å². The zero-order valence-electron chi connectivity index (χ0n) is 19.5. The largest absolute Gasteiger partial charge is 0.462 e. The summed E-state index contributed by atoms with van der Waals surface area (Å²) in [6, 6.07) is 0. The maximum absolute atomic E-state index is 11.8. The van der Waals surface area contributed by atoms with E-state index in [4.69, 9.17) is 9.47 Å². The normalized spacial score (nSPS) is 12.2. The number of ether oxygens (including phenoxy) is 2. The van der Waals surface area contributed by atoms with Crippen molar-refractivity contribution in [1.29, 1.82) is 0 Å². The third kappa shape index (κ3) is 19.9. The molecule has 0 aromatic heterocycles. The minimum atomic E-state index is -0.762. The van der Waals surface area contributed by atoms with E-state index in [1.807, 2.05) is 6.92 Å². The molecule has 0 fully saturated rings. The van der Waals surface area contributed by atoms with E-state index in [0.29, 0.717) is 19.3 Å². The Hall–Kier alpha value is -1.36. The Morgan fingerprint density at radius 3 is 1.87 bits per heavy atom. The quantitative estimate of drug-likeness (QED) is 0.133. The van der Waals surface area contributed by atoms with Crippen molar-refractivity contribution in [3.8, 4) is 0 Å². The van der Waals surface area contributed by atoms with Crippen molar-refractivity contribution in [2.24, 2.45) is 0 Å². The van der Waals surface area contributed by atoms with Crippen LogP contribution in [0.3, 0.4) is 0 Å². The van der Waals surface area contributed by atoms with Crippen molar-refractivity contribution in [3.63, 3.8) is 0 Å². The average molecular weight is 427 g/mol. The fourth-order valence-corrected chi connectivity index (χ4v) is 3.17. The van der Waals surface area contributed by atoms with Crippen molar-refractivity contribution in [2.75, 3.05) is 13.2 Å². The standard InChI is InChI=1S/C25H46O5/c1-3-5-6-7-8-9-10-11-12-13-14-15-16-17-18-20-24(27)29-22-23(21-26)30-25(28)19-4-2/h11-12,23,26H,3-10,13-22H2,1-2H3/b12-11-. The van der Waals surface area contributed by atoms with Crippen LogP contribution >= 0.6 is 0 Å². The Morgan fingerprint density at radius 2 is 1.30 bits per heavy atom. The molecule has 0 aromatic rings. The van der Waals surface area contributed by atoms with Gasteiger partial charge in [0.15, 0.2) is 6.10 Å². The first-order valence-corrected chi connectivity index (χ1v) is 12.2. The molecule has 30 heavy (non-hydrogen) atoms. The molecule has 5 nitrogen and oxygen atoms in total. The molecular formula is C25H46O5. The highest BCUT2D eigenvalue weighted by Crippen LogP contribution is 2.10. The number of carbonyl (C=O) groups excluding carboxylic acids is 2. The number of carbonyl (C=O) groups is 2. The fourth-order valence-electron chi connectivity index (χ4n) is 3.17. The summed E-state index contributed by atoms with van der Waals surface area (Å²) in [4.78, 5) is 23.2. The van der Waals surface area contributed by atoms with Crippen LogP contribution in [0, 0.1) is 0 Å². The van der Waals surface area contributed by atoms with Gasteiger partial charge in [0.2, 0.25) is 0 Å². The summed E-state index contributed by atoms with van der Waals surface area (Å²) in [5, 5.41) is 9.20. The lowest BCUT2D eigenvalue weighted by atomic mass is 10.1. The van der Waals surface area contributed by atoms with Crippen molar-refractivity contribution in [1.82, 2.24) is 0 Å². The number of hydrogen-bond donors (Lipinski definition) is 1. The van der Waals surface area contributed by atoms with Crippen LogP contribution in [0.1, 0.15) is 117 Å². The summed E-state index contributed by atoms with van der Waals surface area (Å²) in [6.07, 6.45) is 21.1. The van der Waals surface area contributed by atoms with Crippen LogP contribution in [0.2, 0.25) is 0 Å². The third-order valence-electron chi connectivity index (χ3n) is 5.03. The third-order valence-corrected chi connectivity index (χ3v) is 5.03. The van der Waals surface area contributed by atoms with E-state index in [-0.39, 0.29) is 25.2 Å². The molecular weight excluding hydrogens is 380 g/mol. The Morgan fingerprint density at radius 1 is 0.733 bits per heavy atom. The van der Waals surface area contributed by atoms with Crippen LogP contribution in [-0.4, -0.2) is 36.4 Å². The lowest BCUT2D eigenvalue weighted by Gasteiger charge is -2.15. The van der Waals surface area contributed by atoms with Gasteiger partial charge in [0.05, 0.1) is 6.61 Å². The number of hydrogen-bond acceptors (Lipinski definition) is 5. The fraction of sp³-hybridized carbons (Fsp3) is 0.840. The molecule has 0 saturated carbocycles. The zero-order chi connectivity index (χ0) is 22.3. The number of allylic oxidation sites excluding steroid dienone is 2. The van der Waals surface area contributed by atoms with Crippen molar-refractivity contribution < 1.29 is 24.2 Å². The Kier molecular flexibility index (Phi) is 21.3. The monoisotopic (exact) mass is 426 g/mol. The predicted octanol–water partition coefficient (Wildman–Crippen LogP) is 6.27. The molecule has 176 valence electrons. The van der Waals surface area contributed by atoms with Crippen LogP contribution < -0.4 is 0 Å². The Balaban J connectivity index is 3.47. The second-order valence-electron chi connectivity index (χ2n) is 8.06. The molecule has 1 unspecified atom stereocenters. The minimum absolute atomic E-state index is 0.0735. The number of aliphatic hydroxyl groups excluding tert-OH is 1. The van der Waals surface area contributed by atoms with E-state index in [2.05, 4.69) is 19.1 Å². The summed E-state index contributed by atoms with van der Waals surface area (Å²) < 4.78 is 10.2. The second-order valence-corrected chi connectivity index (χ2v) is 8.06. The van der Waals surface area contributed by atoms with Gasteiger partial charge in [-0.2, -0.15) is 0 Å². The molecule has 0 radical (unpaired) electrons. The van der Waals surface area contributed by atoms with Gasteiger partial charge in [-0.25, -0.2) is 0 Å². The van der Waals surface area contributed by atoms with Gasteiger partial charge in [0.25, 0.3) is 0 Å². The number of rotatable bonds is 21. The molecule has 0 aromatic carbocycles. The predicted molar refractivity (Wildman–Crippen MR) is 122 cm³/mol. The molecule has 1 atom stereocenters. The van der Waals surface area contributed by atoms with Crippen LogP contribution in [0.5, 0.6) is 0 Å². The maximum atomic E-state index is 11.8. The van der Waals surface area contributed by atoms with Crippen LogP contribution in [0.25, 0.3) is 0 Å². The summed E-state index contributed by atoms with van der Waals surface area (Å²) in [6.45, 7) is 3.72. The van der Waals surface area contributed by atoms with E-state index in [9.17, 15) is 14.7 Å². The number of aliphatic hydroxyl groups is 1. The molecule has 0 aliphatic rings. The lowest BCUT2D eigenvalue weighted by molar-refractivity contribution is -0.161. The number of unbranched alkanes of at least 4 members (excludes halogenated alkanes) is 11. The summed E-state index contributed by atoms with van der Waals surface area (Å²) >= 11 is 0. The van der Waals surface area contributed by atoms with Crippen LogP contribution in [0.15, 0.2) is 12.2 Å². The van der Waals surface area contributed by atoms with Gasteiger partial charge in [-0.05, 0) is 38.5 Å². The molecule has 0 bridgehead atoms. The average Bonchev–Trinajstić information content (AvgIpc) is 2.74. The highest BCUT2D eigenvalue weighted by Gasteiger charge is 2.15. The molecule has 1 N–H and O–H groups in total. The molecule has 0 saturated heterocycles. The molecule has 0 rings (SSSR count). The first-order chi connectivity index (χ1) is 14.6. The first kappa shape index (κ1) is 28.6. The second kappa shape index (κ2) is 22.3. The molecule has 0 aliphatic heterocycles. The highest BCUT2D eigenvalue weighted by molar-refractivity contribution is 5.70. The number of esters is 2. The van der Waals surface area contributed by atoms with Crippen molar-refractivity contribution >= 4 is 11.9 Å². The van der Waals surface area contributed by atoms with Gasteiger partial charge in [0.1, 0.15) is 6.61 Å². The topological polar surface area (TPSA) is 72.8 Å². The smallest absolute Gasteiger partial charge is 0.306 e. The summed E-state index contributed by atoms with van der Waals surface area (Å²) in [5.41, 5.74) is 0. The summed E-state index contributed by atoms with van der Waals surface area (Å²) in [7, 11) is 0. The molecule has 5 heteroatoms. The van der Waals surface area contributed by atoms with E-state index in [0.717, 1.165) is 25.7 Å². The molecule has 0 amide bonds. The lowest BCUT2D eigenvalue weighted by Crippen LogP contribution is -2.28. The van der Waals surface area contributed by atoms with E-state index >= 15 is 0 Å². The van der Waals surface area contributed by atoms with Gasteiger partial charge in [0, 0.05) is 12.8 Å². The van der Waals surface area contributed by atoms with Crippen LogP contribution in [0.4, 0.5) is 0 Å². The Labute approximate surface area is 184 Å². The molecule has 0 spiro atoms. The SMILES string of the molecule is CCCCCCCC/C=C\CCCCCCCC(=O)OCC(CO)OC(=O)CCC. The van der Waals surface area contributed by atoms with Gasteiger partial charge < -0.3 is 14.6 Å².